The number of nitrogens with zero attached hydrogens (tertiary/aromatic N) is 1. The maximum absolute atomic E-state index is 12.9. The molecule has 3 heterocycles. The van der Waals surface area contributed by atoms with Crippen molar-refractivity contribution in [1.82, 2.24) is 4.90 Å². The van der Waals surface area contributed by atoms with Crippen molar-refractivity contribution >= 4 is 23.2 Å². The van der Waals surface area contributed by atoms with Crippen LogP contribution < -0.4 is 10.5 Å². The number of hydrogen-bond acceptors (Lipinski definition) is 5. The maximum Gasteiger partial charge on any atom is 0.290 e. The first-order chi connectivity index (χ1) is 13.1. The lowest BCUT2D eigenvalue weighted by Gasteiger charge is -2.22. The Balaban J connectivity index is 1.50. The van der Waals surface area contributed by atoms with E-state index in [0.29, 0.717) is 17.2 Å². The summed E-state index contributed by atoms with van der Waals surface area (Å²) in [4.78, 5) is 27.5. The molecule has 1 aromatic carbocycles. The Hall–Kier alpha value is -3.06. The molecule has 138 valence electrons. The van der Waals surface area contributed by atoms with E-state index in [4.69, 9.17) is 14.9 Å². The molecule has 27 heavy (non-hydrogen) atoms. The lowest BCUT2D eigenvalue weighted by Crippen LogP contribution is -2.29. The van der Waals surface area contributed by atoms with Gasteiger partial charge < -0.3 is 19.8 Å². The van der Waals surface area contributed by atoms with Gasteiger partial charge in [0.05, 0.1) is 10.9 Å². The van der Waals surface area contributed by atoms with Crippen molar-refractivity contribution in [1.29, 1.82) is 0 Å². The van der Waals surface area contributed by atoms with Crippen LogP contribution in [-0.4, -0.2) is 23.3 Å². The molecule has 1 unspecified atom stereocenters. The number of rotatable bonds is 5. The number of nitrogens with two attached hydrogens (primary N) is 1. The Labute approximate surface area is 160 Å². The van der Waals surface area contributed by atoms with Crippen LogP contribution in [0.3, 0.4) is 0 Å². The largest absolute Gasteiger partial charge is 0.426 e. The van der Waals surface area contributed by atoms with Gasteiger partial charge in [0.2, 0.25) is 0 Å². The first kappa shape index (κ1) is 17.4. The molecule has 1 aliphatic heterocycles. The quantitative estimate of drug-likeness (QED) is 0.716. The minimum absolute atomic E-state index is 0.0702. The van der Waals surface area contributed by atoms with Crippen molar-refractivity contribution in [3.63, 3.8) is 0 Å². The molecule has 1 saturated heterocycles. The van der Waals surface area contributed by atoms with Gasteiger partial charge in [-0.2, -0.15) is 0 Å². The predicted octanol–water partition coefficient (Wildman–Crippen LogP) is 4.21. The van der Waals surface area contributed by atoms with Crippen LogP contribution in [0.4, 0.5) is 0 Å². The molecular weight excluding hydrogens is 364 g/mol. The van der Waals surface area contributed by atoms with Gasteiger partial charge in [-0.3, -0.25) is 9.59 Å². The van der Waals surface area contributed by atoms with E-state index >= 15 is 0 Å². The molecule has 1 atom stereocenters. The lowest BCUT2D eigenvalue weighted by molar-refractivity contribution is 0.0700. The van der Waals surface area contributed by atoms with E-state index in [-0.39, 0.29) is 23.7 Å². The molecule has 2 amide bonds. The molecule has 7 heteroatoms. The first-order valence-electron chi connectivity index (χ1n) is 8.65. The summed E-state index contributed by atoms with van der Waals surface area (Å²) in [6.07, 6.45) is 1.74. The Morgan fingerprint density at radius 3 is 2.67 bits per heavy atom. The summed E-state index contributed by atoms with van der Waals surface area (Å²) in [6.45, 7) is 0.642. The zero-order valence-electron chi connectivity index (χ0n) is 14.5. The monoisotopic (exact) mass is 382 g/mol. The molecule has 0 bridgehead atoms. The molecule has 0 saturated carbocycles. The van der Waals surface area contributed by atoms with Crippen molar-refractivity contribution in [2.24, 2.45) is 5.73 Å². The van der Waals surface area contributed by atoms with E-state index in [0.717, 1.165) is 17.7 Å². The van der Waals surface area contributed by atoms with Gasteiger partial charge in [-0.25, -0.2) is 0 Å². The third-order valence-corrected chi connectivity index (χ3v) is 5.67. The van der Waals surface area contributed by atoms with Crippen molar-refractivity contribution in [2.45, 2.75) is 18.9 Å². The minimum atomic E-state index is -0.448. The van der Waals surface area contributed by atoms with Crippen LogP contribution in [0, 0.1) is 0 Å². The van der Waals surface area contributed by atoms with Gasteiger partial charge in [0.1, 0.15) is 5.75 Å². The number of likely N-dealkylation sites (tertiary alicyclic amines) is 1. The number of benzene rings is 1. The third kappa shape index (κ3) is 3.59. The Kier molecular flexibility index (Phi) is 4.68. The standard InChI is InChI=1S/C20H18N2O4S/c21-19(23)17-10-9-16(27-17)14-7-4-12-22(14)20(24)15-8-11-18(26-15)25-13-5-2-1-3-6-13/h1-3,5-6,8-11,14H,4,7,12H2,(H2,21,23). The number of carbonyl (C=O) groups is 2. The van der Waals surface area contributed by atoms with Crippen LogP contribution in [0.25, 0.3) is 0 Å². The van der Waals surface area contributed by atoms with E-state index in [2.05, 4.69) is 0 Å². The number of ether oxygens (including phenoxy) is 1. The molecule has 2 aromatic heterocycles. The number of amides is 2. The second kappa shape index (κ2) is 7.28. The summed E-state index contributed by atoms with van der Waals surface area (Å²) >= 11 is 1.34. The fourth-order valence-electron chi connectivity index (χ4n) is 3.21. The number of carbonyl (C=O) groups excluding carboxylic acids is 2. The van der Waals surface area contributed by atoms with Crippen molar-refractivity contribution in [3.05, 3.63) is 70.1 Å². The van der Waals surface area contributed by atoms with E-state index < -0.39 is 5.91 Å². The highest BCUT2D eigenvalue weighted by Crippen LogP contribution is 2.37. The van der Waals surface area contributed by atoms with Gasteiger partial charge in [0.25, 0.3) is 17.8 Å². The van der Waals surface area contributed by atoms with Gasteiger partial charge in [-0.05, 0) is 43.2 Å². The number of para-hydroxylation sites is 1. The van der Waals surface area contributed by atoms with Gasteiger partial charge in [-0.1, -0.05) is 18.2 Å². The smallest absolute Gasteiger partial charge is 0.290 e. The fraction of sp³-hybridized carbons (Fsp3) is 0.200. The molecule has 0 aliphatic carbocycles. The van der Waals surface area contributed by atoms with Crippen LogP contribution in [0.5, 0.6) is 11.7 Å². The Morgan fingerprint density at radius 1 is 1.11 bits per heavy atom. The Morgan fingerprint density at radius 2 is 1.93 bits per heavy atom. The average Bonchev–Trinajstić information content (AvgIpc) is 3.41. The third-order valence-electron chi connectivity index (χ3n) is 4.47. The van der Waals surface area contributed by atoms with E-state index in [1.165, 1.54) is 11.3 Å². The van der Waals surface area contributed by atoms with E-state index in [1.807, 2.05) is 36.4 Å². The lowest BCUT2D eigenvalue weighted by atomic mass is 10.2. The average molecular weight is 382 g/mol. The van der Waals surface area contributed by atoms with Gasteiger partial charge >= 0.3 is 0 Å². The summed E-state index contributed by atoms with van der Waals surface area (Å²) in [5, 5.41) is 0. The Bertz CT molecular complexity index is 963. The van der Waals surface area contributed by atoms with E-state index in [1.54, 1.807) is 23.1 Å². The second-order valence-corrected chi connectivity index (χ2v) is 7.37. The summed E-state index contributed by atoms with van der Waals surface area (Å²) in [7, 11) is 0. The summed E-state index contributed by atoms with van der Waals surface area (Å²) < 4.78 is 11.2. The zero-order chi connectivity index (χ0) is 18.8. The van der Waals surface area contributed by atoms with Gasteiger partial charge in [0, 0.05) is 17.5 Å². The minimum Gasteiger partial charge on any atom is -0.426 e. The SMILES string of the molecule is NC(=O)c1ccc(C2CCCN2C(=O)c2ccc(Oc3ccccc3)o2)s1. The molecule has 1 aliphatic rings. The first-order valence-corrected chi connectivity index (χ1v) is 9.47. The fourth-order valence-corrected chi connectivity index (χ4v) is 4.21. The number of hydrogen-bond donors (Lipinski definition) is 1. The van der Waals surface area contributed by atoms with Crippen molar-refractivity contribution in [2.75, 3.05) is 6.54 Å². The molecule has 6 nitrogen and oxygen atoms in total. The highest BCUT2D eigenvalue weighted by Gasteiger charge is 2.33. The molecule has 0 radical (unpaired) electrons. The molecular formula is C20H18N2O4S. The topological polar surface area (TPSA) is 85.8 Å². The highest BCUT2D eigenvalue weighted by molar-refractivity contribution is 7.14. The van der Waals surface area contributed by atoms with Crippen molar-refractivity contribution in [3.8, 4) is 11.7 Å². The number of thiophene rings is 1. The highest BCUT2D eigenvalue weighted by atomic mass is 32.1. The van der Waals surface area contributed by atoms with Crippen molar-refractivity contribution < 1.29 is 18.7 Å². The summed E-state index contributed by atoms with van der Waals surface area (Å²) in [5.74, 6) is 0.514. The second-order valence-electron chi connectivity index (χ2n) is 6.26. The van der Waals surface area contributed by atoms with Gasteiger partial charge in [0.15, 0.2) is 5.76 Å². The molecule has 3 aromatic rings. The van der Waals surface area contributed by atoms with E-state index in [9.17, 15) is 9.59 Å². The zero-order valence-corrected chi connectivity index (χ0v) is 15.3. The van der Waals surface area contributed by atoms with Gasteiger partial charge in [-0.15, -0.1) is 11.3 Å². The van der Waals surface area contributed by atoms with Crippen LogP contribution in [0.15, 0.2) is 59.0 Å². The molecule has 2 N–H and O–H groups in total. The van der Waals surface area contributed by atoms with Crippen LogP contribution in [0.1, 0.15) is 44.0 Å². The molecule has 4 rings (SSSR count). The van der Waals surface area contributed by atoms with Crippen LogP contribution in [0.2, 0.25) is 0 Å². The number of primary amides is 1. The molecule has 0 spiro atoms. The molecule has 1 fully saturated rings. The van der Waals surface area contributed by atoms with Crippen LogP contribution in [-0.2, 0) is 0 Å². The normalized spacial score (nSPS) is 16.4. The summed E-state index contributed by atoms with van der Waals surface area (Å²) in [5.41, 5.74) is 5.34. The number of furan rings is 1. The summed E-state index contributed by atoms with van der Waals surface area (Å²) in [6, 6.07) is 16.0. The predicted molar refractivity (Wildman–Crippen MR) is 101 cm³/mol. The maximum atomic E-state index is 12.9. The van der Waals surface area contributed by atoms with Crippen LogP contribution >= 0.6 is 11.3 Å².